The summed E-state index contributed by atoms with van der Waals surface area (Å²) in [6.07, 6.45) is 0. The maximum absolute atomic E-state index is 15.1. The molecular weight excluding hydrogens is 407 g/mol. The fourth-order valence-electron chi connectivity index (χ4n) is 4.07. The first kappa shape index (κ1) is 23.3. The van der Waals surface area contributed by atoms with Gasteiger partial charge in [0.1, 0.15) is 64.5 Å². The van der Waals surface area contributed by atoms with Gasteiger partial charge in [-0.2, -0.15) is 0 Å². The summed E-state index contributed by atoms with van der Waals surface area (Å²) >= 11 is 0. The van der Waals surface area contributed by atoms with Crippen molar-refractivity contribution in [2.75, 3.05) is 0 Å². The van der Waals surface area contributed by atoms with E-state index in [9.17, 15) is 22.0 Å². The topological polar surface area (TPSA) is 0 Å². The van der Waals surface area contributed by atoms with Crippen LogP contribution < -0.4 is 32.8 Å². The summed E-state index contributed by atoms with van der Waals surface area (Å²) in [5.74, 6) is -7.74. The molecule has 0 saturated heterocycles. The highest BCUT2D eigenvalue weighted by molar-refractivity contribution is 6.49. The van der Waals surface area contributed by atoms with E-state index < -0.39 is 40.8 Å². The van der Waals surface area contributed by atoms with Crippen LogP contribution in [0.2, 0.25) is 0 Å². The highest BCUT2D eigenvalue weighted by Crippen LogP contribution is 2.32. The van der Waals surface area contributed by atoms with E-state index in [1.165, 1.54) is 59.2 Å². The van der Waals surface area contributed by atoms with Gasteiger partial charge in [0, 0.05) is 5.92 Å². The van der Waals surface area contributed by atoms with E-state index in [0.29, 0.717) is 5.56 Å². The van der Waals surface area contributed by atoms with Crippen LogP contribution in [0.25, 0.3) is 0 Å². The van der Waals surface area contributed by atoms with Crippen molar-refractivity contribution >= 4 is 79.9 Å². The lowest BCUT2D eigenvalue weighted by atomic mass is 9.67. The van der Waals surface area contributed by atoms with Gasteiger partial charge in [-0.15, -0.1) is 0 Å². The van der Waals surface area contributed by atoms with Gasteiger partial charge in [-0.05, 0) is 28.2 Å². The lowest BCUT2D eigenvalue weighted by molar-refractivity contribution is 0.445. The molecule has 1 unspecified atom stereocenters. The summed E-state index contributed by atoms with van der Waals surface area (Å²) in [6.45, 7) is 0. The van der Waals surface area contributed by atoms with E-state index in [0.717, 1.165) is 6.07 Å². The Hall–Kier alpha value is -2.37. The van der Waals surface area contributed by atoms with Gasteiger partial charge in [0.05, 0.1) is 0 Å². The molecule has 3 aromatic rings. The average Bonchev–Trinajstić information content (AvgIpc) is 2.73. The standard InChI is InChI=1S/C19H16B6F6/c20-6-1-4(2-7(21)15(6)27)9(5-3-8(26)12(23)17(29)11(5)22)10-13(24)14(25)18(30)19(31)16(10)28/h1-3,9H,20-25H2. The first-order valence-corrected chi connectivity index (χ1v) is 9.73. The predicted octanol–water partition coefficient (Wildman–Crippen LogP) is -4.75. The van der Waals surface area contributed by atoms with Crippen LogP contribution in [0, 0.1) is 34.9 Å². The van der Waals surface area contributed by atoms with Gasteiger partial charge in [-0.3, -0.25) is 0 Å². The van der Waals surface area contributed by atoms with Crippen LogP contribution in [0.1, 0.15) is 22.6 Å². The second-order valence-corrected chi connectivity index (χ2v) is 8.02. The Kier molecular flexibility index (Phi) is 6.23. The number of rotatable bonds is 3. The Bertz CT molecular complexity index is 1180. The number of hydrogen-bond donors (Lipinski definition) is 0. The quantitative estimate of drug-likeness (QED) is 0.172. The molecule has 1 atom stereocenters. The number of hydrogen-bond acceptors (Lipinski definition) is 0. The minimum absolute atomic E-state index is 0.0460. The van der Waals surface area contributed by atoms with Gasteiger partial charge in [0.2, 0.25) is 0 Å². The summed E-state index contributed by atoms with van der Waals surface area (Å²) in [5, 5.41) is 0. The molecule has 0 nitrogen and oxygen atoms in total. The Balaban J connectivity index is 2.50. The summed E-state index contributed by atoms with van der Waals surface area (Å²) in [4.78, 5) is 0. The molecule has 0 heterocycles. The van der Waals surface area contributed by atoms with Crippen molar-refractivity contribution in [2.45, 2.75) is 5.92 Å². The molecule has 12 heteroatoms. The molecule has 0 N–H and O–H groups in total. The van der Waals surface area contributed by atoms with Crippen LogP contribution in [0.5, 0.6) is 0 Å². The van der Waals surface area contributed by atoms with Crippen LogP contribution in [0.15, 0.2) is 18.2 Å². The Morgan fingerprint density at radius 3 is 1.61 bits per heavy atom. The normalized spacial score (nSPS) is 12.2. The molecule has 0 radical (unpaired) electrons. The molecule has 3 rings (SSSR count). The molecule has 0 aliphatic carbocycles. The summed E-state index contributed by atoms with van der Waals surface area (Å²) in [5.41, 5.74) is 0.448. The summed E-state index contributed by atoms with van der Waals surface area (Å²) in [6, 6.07) is 3.93. The second-order valence-electron chi connectivity index (χ2n) is 8.02. The molecule has 0 amide bonds. The lowest BCUT2D eigenvalue weighted by Gasteiger charge is -2.27. The van der Waals surface area contributed by atoms with Crippen molar-refractivity contribution in [1.29, 1.82) is 0 Å². The van der Waals surface area contributed by atoms with Crippen molar-refractivity contribution in [1.82, 2.24) is 0 Å². The molecule has 0 aliphatic rings. The van der Waals surface area contributed by atoms with Gasteiger partial charge in [-0.25, -0.2) is 26.3 Å². The molecular formula is C19H16B6F6. The van der Waals surface area contributed by atoms with Crippen LogP contribution in [0.4, 0.5) is 26.3 Å². The lowest BCUT2D eigenvalue weighted by Crippen LogP contribution is -2.39. The first-order valence-electron chi connectivity index (χ1n) is 9.73. The summed E-state index contributed by atoms with van der Waals surface area (Å²) < 4.78 is 87.3. The average molecular weight is 423 g/mol. The van der Waals surface area contributed by atoms with Gasteiger partial charge in [0.15, 0.2) is 17.5 Å². The third kappa shape index (κ3) is 3.74. The predicted molar refractivity (Wildman–Crippen MR) is 129 cm³/mol. The molecule has 0 saturated carbocycles. The Labute approximate surface area is 182 Å². The second kappa shape index (κ2) is 8.29. The summed E-state index contributed by atoms with van der Waals surface area (Å²) in [7, 11) is 8.42. The Morgan fingerprint density at radius 2 is 1.06 bits per heavy atom. The zero-order chi connectivity index (χ0) is 23.4. The number of halogens is 6. The van der Waals surface area contributed by atoms with E-state index in [2.05, 4.69) is 0 Å². The highest BCUT2D eigenvalue weighted by atomic mass is 19.2. The minimum Gasteiger partial charge on any atom is -0.208 e. The van der Waals surface area contributed by atoms with E-state index in [1.807, 2.05) is 0 Å². The molecule has 31 heavy (non-hydrogen) atoms. The SMILES string of the molecule is Bc1cc(C(c2cc(F)c(B)c(F)c2B)c2c(B)c(B)c(F)c(F)c2F)cc(B)c1F. The smallest absolute Gasteiger partial charge is 0.194 e. The van der Waals surface area contributed by atoms with Crippen molar-refractivity contribution in [3.05, 3.63) is 69.8 Å². The molecule has 0 bridgehead atoms. The van der Waals surface area contributed by atoms with Crippen LogP contribution >= 0.6 is 0 Å². The molecule has 3 aromatic carbocycles. The van der Waals surface area contributed by atoms with Gasteiger partial charge >= 0.3 is 0 Å². The van der Waals surface area contributed by atoms with E-state index >= 15 is 4.39 Å². The Morgan fingerprint density at radius 1 is 0.516 bits per heavy atom. The maximum atomic E-state index is 15.1. The van der Waals surface area contributed by atoms with Crippen LogP contribution in [-0.4, -0.2) is 47.1 Å². The minimum atomic E-state index is -1.66. The van der Waals surface area contributed by atoms with Crippen molar-refractivity contribution in [3.8, 4) is 0 Å². The zero-order valence-electron chi connectivity index (χ0n) is 18.1. The molecule has 152 valence electrons. The van der Waals surface area contributed by atoms with Crippen LogP contribution in [0.3, 0.4) is 0 Å². The molecule has 0 spiro atoms. The molecule has 0 fully saturated rings. The van der Waals surface area contributed by atoms with Gasteiger partial charge in [0.25, 0.3) is 0 Å². The van der Waals surface area contributed by atoms with E-state index in [1.54, 1.807) is 0 Å². The fraction of sp³-hybridized carbons (Fsp3) is 0.0526. The third-order valence-electron chi connectivity index (χ3n) is 6.04. The van der Waals surface area contributed by atoms with Gasteiger partial charge in [-0.1, -0.05) is 39.4 Å². The van der Waals surface area contributed by atoms with E-state index in [4.69, 9.17) is 0 Å². The van der Waals surface area contributed by atoms with Crippen molar-refractivity contribution < 1.29 is 26.3 Å². The monoisotopic (exact) mass is 424 g/mol. The number of benzene rings is 3. The maximum Gasteiger partial charge on any atom is 0.194 e. The third-order valence-corrected chi connectivity index (χ3v) is 6.04. The highest BCUT2D eigenvalue weighted by Gasteiger charge is 2.31. The van der Waals surface area contributed by atoms with Crippen molar-refractivity contribution in [3.63, 3.8) is 0 Å². The zero-order valence-corrected chi connectivity index (χ0v) is 18.1. The van der Waals surface area contributed by atoms with Gasteiger partial charge < -0.3 is 0 Å². The fourth-order valence-corrected chi connectivity index (χ4v) is 4.07. The first-order chi connectivity index (χ1) is 14.4. The van der Waals surface area contributed by atoms with Crippen LogP contribution in [-0.2, 0) is 0 Å². The largest absolute Gasteiger partial charge is 0.208 e. The van der Waals surface area contributed by atoms with Crippen molar-refractivity contribution in [2.24, 2.45) is 0 Å². The van der Waals surface area contributed by atoms with E-state index in [-0.39, 0.29) is 43.9 Å². The molecule has 0 aromatic heterocycles. The molecule has 0 aliphatic heterocycles.